The highest BCUT2D eigenvalue weighted by Crippen LogP contribution is 2.27. The molecule has 2 fully saturated rings. The Bertz CT molecular complexity index is 1280. The number of nitrogens with zero attached hydrogens (tertiary/aromatic N) is 3. The normalized spacial score (nSPS) is 19.8. The van der Waals surface area contributed by atoms with Gasteiger partial charge >= 0.3 is 5.97 Å². The number of rotatable bonds is 8. The van der Waals surface area contributed by atoms with E-state index in [0.29, 0.717) is 12.8 Å². The summed E-state index contributed by atoms with van der Waals surface area (Å²) in [6.45, 7) is 11.4. The van der Waals surface area contributed by atoms with Gasteiger partial charge in [0, 0.05) is 44.8 Å². The van der Waals surface area contributed by atoms with Crippen molar-refractivity contribution in [3.05, 3.63) is 59.7 Å². The quantitative estimate of drug-likeness (QED) is 0.487. The Morgan fingerprint density at radius 3 is 2.20 bits per heavy atom. The van der Waals surface area contributed by atoms with Gasteiger partial charge in [-0.1, -0.05) is 29.8 Å². The Morgan fingerprint density at radius 1 is 0.975 bits per heavy atom. The smallest absolute Gasteiger partial charge is 0.329 e. The summed E-state index contributed by atoms with van der Waals surface area (Å²) in [5.74, 6) is -1.03. The Morgan fingerprint density at radius 2 is 1.60 bits per heavy atom. The van der Waals surface area contributed by atoms with E-state index in [1.807, 2.05) is 31.2 Å². The molecule has 218 valence electrons. The lowest BCUT2D eigenvalue weighted by molar-refractivity contribution is -0.158. The second kappa shape index (κ2) is 12.3. The van der Waals surface area contributed by atoms with Gasteiger partial charge in [0.2, 0.25) is 15.9 Å². The van der Waals surface area contributed by atoms with Crippen LogP contribution in [0.2, 0.25) is 0 Å². The van der Waals surface area contributed by atoms with E-state index in [2.05, 4.69) is 22.2 Å². The van der Waals surface area contributed by atoms with E-state index >= 15 is 0 Å². The minimum atomic E-state index is -3.86. The molecule has 4 rings (SSSR count). The largest absolute Gasteiger partial charge is 0.458 e. The number of carbonyl (C=O) groups excluding carboxylic acids is 2. The van der Waals surface area contributed by atoms with Gasteiger partial charge in [-0.15, -0.1) is 0 Å². The molecule has 2 heterocycles. The topological polar surface area (TPSA) is 99.3 Å². The molecule has 10 heteroatoms. The number of hydrogen-bond acceptors (Lipinski definition) is 7. The molecule has 40 heavy (non-hydrogen) atoms. The number of anilines is 1. The number of benzene rings is 2. The lowest BCUT2D eigenvalue weighted by Gasteiger charge is -2.34. The predicted octanol–water partition coefficient (Wildman–Crippen LogP) is 2.97. The Kier molecular flexibility index (Phi) is 9.22. The first kappa shape index (κ1) is 30.0. The summed E-state index contributed by atoms with van der Waals surface area (Å²) in [7, 11) is -1.74. The monoisotopic (exact) mass is 570 g/mol. The molecule has 0 aromatic heterocycles. The lowest BCUT2D eigenvalue weighted by Crippen LogP contribution is -2.52. The molecule has 9 nitrogen and oxygen atoms in total. The van der Waals surface area contributed by atoms with Crippen LogP contribution in [0.3, 0.4) is 0 Å². The second-order valence-electron chi connectivity index (χ2n) is 11.8. The zero-order valence-corrected chi connectivity index (χ0v) is 25.0. The van der Waals surface area contributed by atoms with E-state index in [9.17, 15) is 18.0 Å². The zero-order chi connectivity index (χ0) is 29.1. The predicted molar refractivity (Wildman–Crippen MR) is 156 cm³/mol. The van der Waals surface area contributed by atoms with Gasteiger partial charge in [-0.2, -0.15) is 4.31 Å². The molecule has 2 atom stereocenters. The maximum Gasteiger partial charge on any atom is 0.329 e. The Labute approximate surface area is 238 Å². The minimum absolute atomic E-state index is 0.155. The maximum atomic E-state index is 13.5. The molecule has 0 aliphatic carbocycles. The van der Waals surface area contributed by atoms with E-state index in [1.54, 1.807) is 45.0 Å². The number of carbonyl (C=O) groups is 2. The van der Waals surface area contributed by atoms with Crippen molar-refractivity contribution in [2.75, 3.05) is 44.7 Å². The van der Waals surface area contributed by atoms with Gasteiger partial charge in [-0.3, -0.25) is 4.79 Å². The molecule has 2 saturated heterocycles. The van der Waals surface area contributed by atoms with Crippen LogP contribution >= 0.6 is 0 Å². The van der Waals surface area contributed by atoms with Gasteiger partial charge in [0.15, 0.2) is 0 Å². The Hall–Kier alpha value is -2.95. The number of nitrogens with one attached hydrogen (secondary N) is 1. The van der Waals surface area contributed by atoms with Crippen molar-refractivity contribution in [3.8, 4) is 0 Å². The number of amides is 1. The van der Waals surface area contributed by atoms with Gasteiger partial charge in [0.1, 0.15) is 17.7 Å². The highest BCUT2D eigenvalue weighted by atomic mass is 32.2. The van der Waals surface area contributed by atoms with Crippen LogP contribution in [0.5, 0.6) is 0 Å². The number of ether oxygens (including phenoxy) is 1. The molecule has 0 radical (unpaired) electrons. The number of sulfonamides is 1. The van der Waals surface area contributed by atoms with Crippen molar-refractivity contribution >= 4 is 27.6 Å². The van der Waals surface area contributed by atoms with Crippen LogP contribution in [0, 0.1) is 6.92 Å². The molecular formula is C30H42N4O5S. The fourth-order valence-electron chi connectivity index (χ4n) is 5.11. The number of esters is 1. The fraction of sp³-hybridized carbons (Fsp3) is 0.533. The number of likely N-dealkylation sites (N-methyl/N-ethyl adjacent to an activating group) is 1. The molecule has 1 amide bonds. The van der Waals surface area contributed by atoms with Crippen LogP contribution in [0.15, 0.2) is 53.4 Å². The molecule has 2 aliphatic heterocycles. The fourth-order valence-corrected chi connectivity index (χ4v) is 6.77. The number of aryl methyl sites for hydroxylation is 1. The van der Waals surface area contributed by atoms with Crippen LogP contribution in [-0.2, 0) is 30.8 Å². The van der Waals surface area contributed by atoms with E-state index in [4.69, 9.17) is 4.74 Å². The van der Waals surface area contributed by atoms with Crippen molar-refractivity contribution in [2.24, 2.45) is 0 Å². The first-order chi connectivity index (χ1) is 18.8. The van der Waals surface area contributed by atoms with Crippen LogP contribution in [0.25, 0.3) is 0 Å². The standard InChI is InChI=1S/C30H42N4O5S/c1-22-8-14-25(15-9-22)40(37,38)34-16-6-7-27(34)28(35)31-26(29(36)39-30(2,3)4)21-23-10-12-24(13-11-23)33-19-17-32(5)18-20-33/h8-15,26-27H,6-7,16-21H2,1-5H3,(H,31,35)/t26?,27-/m1/s1. The van der Waals surface area contributed by atoms with E-state index in [1.165, 1.54) is 4.31 Å². The Balaban J connectivity index is 1.50. The highest BCUT2D eigenvalue weighted by Gasteiger charge is 2.41. The summed E-state index contributed by atoms with van der Waals surface area (Å²) < 4.78 is 33.7. The molecule has 0 spiro atoms. The molecule has 2 aromatic carbocycles. The van der Waals surface area contributed by atoms with Gasteiger partial charge in [-0.05, 0) is 77.4 Å². The third-order valence-electron chi connectivity index (χ3n) is 7.39. The number of piperazine rings is 1. The molecule has 0 bridgehead atoms. The van der Waals surface area contributed by atoms with Crippen LogP contribution in [0.1, 0.15) is 44.7 Å². The summed E-state index contributed by atoms with van der Waals surface area (Å²) in [5.41, 5.74) is 2.22. The molecule has 1 N–H and O–H groups in total. The zero-order valence-electron chi connectivity index (χ0n) is 24.2. The summed E-state index contributed by atoms with van der Waals surface area (Å²) in [4.78, 5) is 31.5. The molecule has 2 aliphatic rings. The van der Waals surface area contributed by atoms with Crippen molar-refractivity contribution in [1.29, 1.82) is 0 Å². The van der Waals surface area contributed by atoms with Gasteiger partial charge < -0.3 is 19.9 Å². The van der Waals surface area contributed by atoms with Gasteiger partial charge in [0.05, 0.1) is 4.90 Å². The summed E-state index contributed by atoms with van der Waals surface area (Å²) >= 11 is 0. The highest BCUT2D eigenvalue weighted by molar-refractivity contribution is 7.89. The van der Waals surface area contributed by atoms with E-state index < -0.39 is 39.6 Å². The third-order valence-corrected chi connectivity index (χ3v) is 9.31. The first-order valence-corrected chi connectivity index (χ1v) is 15.4. The SMILES string of the molecule is Cc1ccc(S(=O)(=O)N2CCC[C@@H]2C(=O)NC(Cc2ccc(N3CCN(C)CC3)cc2)C(=O)OC(C)(C)C)cc1. The number of hydrogen-bond donors (Lipinski definition) is 1. The van der Waals surface area contributed by atoms with Crippen LogP contribution in [-0.4, -0.2) is 87.0 Å². The van der Waals surface area contributed by atoms with Gasteiger partial charge in [0.25, 0.3) is 0 Å². The van der Waals surface area contributed by atoms with Crippen LogP contribution in [0.4, 0.5) is 5.69 Å². The maximum absolute atomic E-state index is 13.5. The average Bonchev–Trinajstić information content (AvgIpc) is 3.40. The minimum Gasteiger partial charge on any atom is -0.458 e. The summed E-state index contributed by atoms with van der Waals surface area (Å²) in [5, 5.41) is 2.84. The second-order valence-corrected chi connectivity index (χ2v) is 13.7. The molecule has 2 aromatic rings. The van der Waals surface area contributed by atoms with Gasteiger partial charge in [-0.25, -0.2) is 13.2 Å². The summed E-state index contributed by atoms with van der Waals surface area (Å²) in [6, 6.07) is 12.8. The van der Waals surface area contributed by atoms with Crippen LogP contribution < -0.4 is 10.2 Å². The first-order valence-electron chi connectivity index (χ1n) is 14.0. The van der Waals surface area contributed by atoms with Crippen molar-refractivity contribution in [1.82, 2.24) is 14.5 Å². The summed E-state index contributed by atoms with van der Waals surface area (Å²) in [6.07, 6.45) is 1.19. The third kappa shape index (κ3) is 7.41. The van der Waals surface area contributed by atoms with E-state index in [-0.39, 0.29) is 17.9 Å². The molecule has 1 unspecified atom stereocenters. The molecule has 0 saturated carbocycles. The average molecular weight is 571 g/mol. The van der Waals surface area contributed by atoms with Crippen molar-refractivity contribution < 1.29 is 22.7 Å². The van der Waals surface area contributed by atoms with Crippen molar-refractivity contribution in [2.45, 2.75) is 69.5 Å². The molecular weight excluding hydrogens is 528 g/mol. The van der Waals surface area contributed by atoms with Crippen molar-refractivity contribution in [3.63, 3.8) is 0 Å². The van der Waals surface area contributed by atoms with E-state index in [0.717, 1.165) is 43.0 Å². The lowest BCUT2D eigenvalue weighted by atomic mass is 10.0.